The Bertz CT molecular complexity index is 645. The van der Waals surface area contributed by atoms with Crippen molar-refractivity contribution in [1.82, 2.24) is 9.97 Å². The number of aryl methyl sites for hydroxylation is 2. The van der Waals surface area contributed by atoms with Crippen LogP contribution in [0.15, 0.2) is 42.5 Å². The summed E-state index contributed by atoms with van der Waals surface area (Å²) in [5, 5.41) is 3.31. The van der Waals surface area contributed by atoms with Gasteiger partial charge in [0.15, 0.2) is 0 Å². The second kappa shape index (κ2) is 4.18. The molecule has 0 bridgehead atoms. The highest BCUT2D eigenvalue weighted by Gasteiger charge is 2.02. The van der Waals surface area contributed by atoms with E-state index in [1.54, 1.807) is 0 Å². The molecule has 0 aliphatic rings. The molecule has 90 valence electrons. The lowest BCUT2D eigenvalue weighted by Gasteiger charge is -2.05. The molecule has 3 heteroatoms. The Balaban J connectivity index is 1.96. The molecule has 0 aliphatic heterocycles. The molecule has 2 aromatic carbocycles. The number of benzene rings is 2. The lowest BCUT2D eigenvalue weighted by molar-refractivity contribution is 1.29. The molecule has 3 rings (SSSR count). The number of hydrogen-bond donors (Lipinski definition) is 2. The predicted octanol–water partition coefficient (Wildman–Crippen LogP) is 3.92. The lowest BCUT2D eigenvalue weighted by atomic mass is 10.1. The Hall–Kier alpha value is -2.29. The minimum Gasteiger partial charge on any atom is -0.326 e. The molecular formula is C15H15N3. The standard InChI is InChI=1S/C15H15N3/c1-10-7-11(2)9-12(8-10)16-15-17-13-5-3-4-6-14(13)18-15/h3-9H,1-2H3,(H2,16,17,18). The molecule has 3 aromatic rings. The van der Waals surface area contributed by atoms with Crippen LogP contribution in [0, 0.1) is 13.8 Å². The second-order valence-electron chi connectivity index (χ2n) is 4.60. The fourth-order valence-corrected chi connectivity index (χ4v) is 2.20. The Morgan fingerprint density at radius 3 is 2.44 bits per heavy atom. The fourth-order valence-electron chi connectivity index (χ4n) is 2.20. The van der Waals surface area contributed by atoms with Gasteiger partial charge in [-0.2, -0.15) is 0 Å². The average Bonchev–Trinajstić information content (AvgIpc) is 2.69. The van der Waals surface area contributed by atoms with E-state index in [9.17, 15) is 0 Å². The third-order valence-corrected chi connectivity index (χ3v) is 2.87. The number of nitrogens with zero attached hydrogens (tertiary/aromatic N) is 1. The van der Waals surface area contributed by atoms with E-state index in [2.05, 4.69) is 47.3 Å². The number of nitrogens with one attached hydrogen (secondary N) is 2. The van der Waals surface area contributed by atoms with Crippen LogP contribution >= 0.6 is 0 Å². The molecule has 0 atom stereocenters. The van der Waals surface area contributed by atoms with E-state index in [0.29, 0.717) is 0 Å². The topological polar surface area (TPSA) is 40.7 Å². The first-order valence-electron chi connectivity index (χ1n) is 6.01. The van der Waals surface area contributed by atoms with Gasteiger partial charge in [0.05, 0.1) is 11.0 Å². The summed E-state index contributed by atoms with van der Waals surface area (Å²) in [6.45, 7) is 4.19. The number of H-pyrrole nitrogens is 1. The van der Waals surface area contributed by atoms with E-state index in [0.717, 1.165) is 22.7 Å². The molecule has 0 saturated heterocycles. The number of aromatic nitrogens is 2. The Labute approximate surface area is 106 Å². The summed E-state index contributed by atoms with van der Waals surface area (Å²) in [5.41, 5.74) is 5.57. The van der Waals surface area contributed by atoms with Gasteiger partial charge in [-0.1, -0.05) is 18.2 Å². The quantitative estimate of drug-likeness (QED) is 0.709. The zero-order chi connectivity index (χ0) is 12.5. The van der Waals surface area contributed by atoms with Crippen LogP contribution < -0.4 is 5.32 Å². The van der Waals surface area contributed by atoms with Crippen LogP contribution in [0.5, 0.6) is 0 Å². The van der Waals surface area contributed by atoms with Crippen LogP contribution in [0.3, 0.4) is 0 Å². The Morgan fingerprint density at radius 2 is 1.72 bits per heavy atom. The van der Waals surface area contributed by atoms with Crippen LogP contribution in [0.25, 0.3) is 11.0 Å². The molecule has 0 fully saturated rings. The van der Waals surface area contributed by atoms with Crippen molar-refractivity contribution >= 4 is 22.7 Å². The van der Waals surface area contributed by atoms with Gasteiger partial charge in [-0.3, -0.25) is 0 Å². The Kier molecular flexibility index (Phi) is 2.52. The summed E-state index contributed by atoms with van der Waals surface area (Å²) >= 11 is 0. The van der Waals surface area contributed by atoms with E-state index in [-0.39, 0.29) is 0 Å². The van der Waals surface area contributed by atoms with E-state index in [4.69, 9.17) is 0 Å². The number of aromatic amines is 1. The van der Waals surface area contributed by atoms with E-state index in [1.807, 2.05) is 24.3 Å². The van der Waals surface area contributed by atoms with Gasteiger partial charge < -0.3 is 10.3 Å². The number of para-hydroxylation sites is 2. The van der Waals surface area contributed by atoms with Crippen LogP contribution in [0.1, 0.15) is 11.1 Å². The van der Waals surface area contributed by atoms with Crippen LogP contribution in [0.2, 0.25) is 0 Å². The largest absolute Gasteiger partial charge is 0.326 e. The molecule has 0 unspecified atom stereocenters. The van der Waals surface area contributed by atoms with Gasteiger partial charge in [0.2, 0.25) is 5.95 Å². The highest BCUT2D eigenvalue weighted by molar-refractivity contribution is 5.78. The Morgan fingerprint density at radius 1 is 1.00 bits per heavy atom. The molecular weight excluding hydrogens is 222 g/mol. The van der Waals surface area contributed by atoms with E-state index < -0.39 is 0 Å². The maximum Gasteiger partial charge on any atom is 0.205 e. The monoisotopic (exact) mass is 237 g/mol. The highest BCUT2D eigenvalue weighted by atomic mass is 15.1. The number of hydrogen-bond acceptors (Lipinski definition) is 2. The van der Waals surface area contributed by atoms with Crippen molar-refractivity contribution in [1.29, 1.82) is 0 Å². The van der Waals surface area contributed by atoms with Crippen molar-refractivity contribution in [2.24, 2.45) is 0 Å². The molecule has 3 nitrogen and oxygen atoms in total. The number of fused-ring (bicyclic) bond motifs is 1. The molecule has 18 heavy (non-hydrogen) atoms. The maximum absolute atomic E-state index is 4.50. The van der Waals surface area contributed by atoms with Gasteiger partial charge in [-0.15, -0.1) is 0 Å². The smallest absolute Gasteiger partial charge is 0.205 e. The average molecular weight is 237 g/mol. The van der Waals surface area contributed by atoms with Gasteiger partial charge >= 0.3 is 0 Å². The van der Waals surface area contributed by atoms with E-state index in [1.165, 1.54) is 11.1 Å². The predicted molar refractivity (Wildman–Crippen MR) is 75.3 cm³/mol. The molecule has 0 saturated carbocycles. The van der Waals surface area contributed by atoms with Gasteiger partial charge in [0.1, 0.15) is 0 Å². The summed E-state index contributed by atoms with van der Waals surface area (Å²) in [4.78, 5) is 7.76. The molecule has 0 radical (unpaired) electrons. The van der Waals surface area contributed by atoms with Crippen molar-refractivity contribution in [3.63, 3.8) is 0 Å². The summed E-state index contributed by atoms with van der Waals surface area (Å²) in [7, 11) is 0. The summed E-state index contributed by atoms with van der Waals surface area (Å²) in [6.07, 6.45) is 0. The maximum atomic E-state index is 4.50. The van der Waals surface area contributed by atoms with Crippen molar-refractivity contribution in [2.75, 3.05) is 5.32 Å². The normalized spacial score (nSPS) is 10.8. The second-order valence-corrected chi connectivity index (χ2v) is 4.60. The first-order chi connectivity index (χ1) is 8.70. The van der Waals surface area contributed by atoms with Gasteiger partial charge in [0.25, 0.3) is 0 Å². The summed E-state index contributed by atoms with van der Waals surface area (Å²) < 4.78 is 0. The highest BCUT2D eigenvalue weighted by Crippen LogP contribution is 2.20. The molecule has 1 heterocycles. The van der Waals surface area contributed by atoms with E-state index >= 15 is 0 Å². The van der Waals surface area contributed by atoms with Gasteiger partial charge in [-0.25, -0.2) is 4.98 Å². The molecule has 2 N–H and O–H groups in total. The fraction of sp³-hybridized carbons (Fsp3) is 0.133. The third kappa shape index (κ3) is 2.07. The van der Waals surface area contributed by atoms with Crippen LogP contribution in [-0.4, -0.2) is 9.97 Å². The van der Waals surface area contributed by atoms with Crippen molar-refractivity contribution in [3.05, 3.63) is 53.6 Å². The molecule has 1 aromatic heterocycles. The molecule has 0 spiro atoms. The van der Waals surface area contributed by atoms with Crippen molar-refractivity contribution in [3.8, 4) is 0 Å². The van der Waals surface area contributed by atoms with Gasteiger partial charge in [-0.05, 0) is 49.2 Å². The number of imidazole rings is 1. The SMILES string of the molecule is Cc1cc(C)cc(Nc2nc3ccccc3[nH]2)c1. The van der Waals surface area contributed by atoms with Crippen molar-refractivity contribution < 1.29 is 0 Å². The summed E-state index contributed by atoms with van der Waals surface area (Å²) in [5.74, 6) is 0.779. The molecule has 0 aliphatic carbocycles. The third-order valence-electron chi connectivity index (χ3n) is 2.87. The first-order valence-corrected chi connectivity index (χ1v) is 6.01. The number of rotatable bonds is 2. The minimum absolute atomic E-state index is 0.779. The van der Waals surface area contributed by atoms with Crippen LogP contribution in [-0.2, 0) is 0 Å². The summed E-state index contributed by atoms with van der Waals surface area (Å²) in [6, 6.07) is 14.4. The lowest BCUT2D eigenvalue weighted by Crippen LogP contribution is -1.93. The zero-order valence-corrected chi connectivity index (χ0v) is 10.5. The first kappa shape index (κ1) is 10.8. The van der Waals surface area contributed by atoms with Crippen LogP contribution in [0.4, 0.5) is 11.6 Å². The van der Waals surface area contributed by atoms with Gasteiger partial charge in [0, 0.05) is 5.69 Å². The minimum atomic E-state index is 0.779. The zero-order valence-electron chi connectivity index (χ0n) is 10.5. The van der Waals surface area contributed by atoms with Crippen molar-refractivity contribution in [2.45, 2.75) is 13.8 Å². The number of anilines is 2. The molecule has 0 amide bonds.